The van der Waals surface area contributed by atoms with Crippen LogP contribution in [0.2, 0.25) is 0 Å². The smallest absolute Gasteiger partial charge is 0.127 e. The van der Waals surface area contributed by atoms with Gasteiger partial charge in [0, 0.05) is 11.9 Å². The molecule has 2 unspecified atom stereocenters. The maximum Gasteiger partial charge on any atom is 0.127 e. The minimum absolute atomic E-state index is 0.549. The lowest BCUT2D eigenvalue weighted by Crippen LogP contribution is -2.15. The van der Waals surface area contributed by atoms with Gasteiger partial charge in [-0.25, -0.2) is 4.98 Å². The van der Waals surface area contributed by atoms with Crippen molar-refractivity contribution in [2.75, 3.05) is 18.8 Å². The van der Waals surface area contributed by atoms with Crippen LogP contribution in [0.1, 0.15) is 12.0 Å². The molecule has 0 aliphatic carbocycles. The molecular formula is C11H16N2OS. The van der Waals surface area contributed by atoms with Crippen LogP contribution in [0.5, 0.6) is 0 Å². The van der Waals surface area contributed by atoms with Crippen molar-refractivity contribution >= 4 is 10.8 Å². The molecule has 0 bridgehead atoms. The molecule has 1 aliphatic rings. The summed E-state index contributed by atoms with van der Waals surface area (Å²) in [5.41, 5.74) is 1.12. The molecule has 1 aromatic rings. The summed E-state index contributed by atoms with van der Waals surface area (Å²) in [5.74, 6) is 1.29. The van der Waals surface area contributed by atoms with Crippen LogP contribution < -0.4 is 5.32 Å². The second-order valence-corrected chi connectivity index (χ2v) is 5.49. The SMILES string of the molecule is Cc1ccnc(S(=O)CC2CCNC2)c1. The molecule has 4 heteroatoms. The Balaban J connectivity index is 2.01. The Morgan fingerprint density at radius 1 is 1.67 bits per heavy atom. The summed E-state index contributed by atoms with van der Waals surface area (Å²) < 4.78 is 12.0. The van der Waals surface area contributed by atoms with Crippen molar-refractivity contribution in [1.29, 1.82) is 0 Å². The van der Waals surface area contributed by atoms with E-state index in [-0.39, 0.29) is 0 Å². The van der Waals surface area contributed by atoms with E-state index in [1.807, 2.05) is 19.1 Å². The van der Waals surface area contributed by atoms with E-state index in [0.29, 0.717) is 5.92 Å². The number of aryl methyl sites for hydroxylation is 1. The lowest BCUT2D eigenvalue weighted by atomic mass is 10.2. The van der Waals surface area contributed by atoms with Crippen LogP contribution in [0, 0.1) is 12.8 Å². The maximum atomic E-state index is 12.0. The van der Waals surface area contributed by atoms with Gasteiger partial charge in [-0.05, 0) is 50.0 Å². The zero-order valence-corrected chi connectivity index (χ0v) is 9.72. The minimum Gasteiger partial charge on any atom is -0.316 e. The molecule has 1 aromatic heterocycles. The van der Waals surface area contributed by atoms with Gasteiger partial charge < -0.3 is 5.32 Å². The first-order valence-electron chi connectivity index (χ1n) is 5.27. The van der Waals surface area contributed by atoms with Gasteiger partial charge in [-0.2, -0.15) is 0 Å². The van der Waals surface area contributed by atoms with E-state index >= 15 is 0 Å². The molecule has 2 atom stereocenters. The number of pyridine rings is 1. The quantitative estimate of drug-likeness (QED) is 0.836. The van der Waals surface area contributed by atoms with Crippen LogP contribution in [0.25, 0.3) is 0 Å². The Morgan fingerprint density at radius 2 is 2.53 bits per heavy atom. The van der Waals surface area contributed by atoms with Gasteiger partial charge in [-0.1, -0.05) is 0 Å². The molecule has 1 N–H and O–H groups in total. The van der Waals surface area contributed by atoms with E-state index in [4.69, 9.17) is 0 Å². The van der Waals surface area contributed by atoms with E-state index < -0.39 is 10.8 Å². The van der Waals surface area contributed by atoms with Gasteiger partial charge in [0.15, 0.2) is 0 Å². The van der Waals surface area contributed by atoms with E-state index in [9.17, 15) is 4.21 Å². The second-order valence-electron chi connectivity index (χ2n) is 4.04. The van der Waals surface area contributed by atoms with E-state index in [1.54, 1.807) is 6.20 Å². The van der Waals surface area contributed by atoms with Crippen molar-refractivity contribution < 1.29 is 4.21 Å². The summed E-state index contributed by atoms with van der Waals surface area (Å²) in [5, 5.41) is 4.01. The summed E-state index contributed by atoms with van der Waals surface area (Å²) in [4.78, 5) is 4.16. The topological polar surface area (TPSA) is 42.0 Å². The van der Waals surface area contributed by atoms with Crippen molar-refractivity contribution in [2.24, 2.45) is 5.92 Å². The monoisotopic (exact) mass is 224 g/mol. The van der Waals surface area contributed by atoms with Crippen molar-refractivity contribution in [3.05, 3.63) is 23.9 Å². The van der Waals surface area contributed by atoms with Gasteiger partial charge >= 0.3 is 0 Å². The number of hydrogen-bond donors (Lipinski definition) is 1. The fourth-order valence-corrected chi connectivity index (χ4v) is 3.17. The molecule has 0 saturated carbocycles. The third kappa shape index (κ3) is 2.86. The molecule has 3 nitrogen and oxygen atoms in total. The molecule has 0 amide bonds. The normalized spacial score (nSPS) is 22.9. The first kappa shape index (κ1) is 10.8. The van der Waals surface area contributed by atoms with Gasteiger partial charge in [0.05, 0.1) is 10.8 Å². The minimum atomic E-state index is -0.935. The highest BCUT2D eigenvalue weighted by Gasteiger charge is 2.18. The summed E-state index contributed by atoms with van der Waals surface area (Å²) >= 11 is 0. The first-order valence-corrected chi connectivity index (χ1v) is 6.59. The van der Waals surface area contributed by atoms with Crippen LogP contribution >= 0.6 is 0 Å². The zero-order valence-electron chi connectivity index (χ0n) is 8.90. The number of aromatic nitrogens is 1. The summed E-state index contributed by atoms with van der Waals surface area (Å²) in [7, 11) is -0.935. The Hall–Kier alpha value is -0.740. The first-order chi connectivity index (χ1) is 7.25. The molecule has 1 saturated heterocycles. The average Bonchev–Trinajstić information content (AvgIpc) is 2.70. The van der Waals surface area contributed by atoms with Gasteiger partial charge in [0.25, 0.3) is 0 Å². The van der Waals surface area contributed by atoms with Gasteiger partial charge in [-0.15, -0.1) is 0 Å². The third-order valence-electron chi connectivity index (χ3n) is 2.67. The van der Waals surface area contributed by atoms with Crippen LogP contribution in [0.3, 0.4) is 0 Å². The van der Waals surface area contributed by atoms with Crippen molar-refractivity contribution in [3.8, 4) is 0 Å². The largest absolute Gasteiger partial charge is 0.316 e. The lowest BCUT2D eigenvalue weighted by Gasteiger charge is -2.07. The fourth-order valence-electron chi connectivity index (χ4n) is 1.79. The predicted octanol–water partition coefficient (Wildman–Crippen LogP) is 1.11. The summed E-state index contributed by atoms with van der Waals surface area (Å²) in [6.45, 7) is 4.06. The number of hydrogen-bond acceptors (Lipinski definition) is 3. The van der Waals surface area contributed by atoms with Crippen molar-refractivity contribution in [3.63, 3.8) is 0 Å². The van der Waals surface area contributed by atoms with Crippen molar-refractivity contribution in [2.45, 2.75) is 18.4 Å². The van der Waals surface area contributed by atoms with E-state index in [2.05, 4.69) is 10.3 Å². The average molecular weight is 224 g/mol. The molecule has 82 valence electrons. The highest BCUT2D eigenvalue weighted by Crippen LogP contribution is 2.13. The third-order valence-corrected chi connectivity index (χ3v) is 4.14. The summed E-state index contributed by atoms with van der Waals surface area (Å²) in [6.07, 6.45) is 2.87. The molecule has 2 heterocycles. The van der Waals surface area contributed by atoms with Crippen LogP contribution in [0.4, 0.5) is 0 Å². The van der Waals surface area contributed by atoms with Gasteiger partial charge in [-0.3, -0.25) is 4.21 Å². The lowest BCUT2D eigenvalue weighted by molar-refractivity contribution is 0.631. The zero-order chi connectivity index (χ0) is 10.7. The molecule has 0 radical (unpaired) electrons. The van der Waals surface area contributed by atoms with Crippen LogP contribution in [0.15, 0.2) is 23.4 Å². The predicted molar refractivity (Wildman–Crippen MR) is 61.2 cm³/mol. The van der Waals surface area contributed by atoms with Gasteiger partial charge in [0.2, 0.25) is 0 Å². The van der Waals surface area contributed by atoms with Gasteiger partial charge in [0.1, 0.15) is 5.03 Å². The van der Waals surface area contributed by atoms with Crippen molar-refractivity contribution in [1.82, 2.24) is 10.3 Å². The molecule has 2 rings (SSSR count). The number of rotatable bonds is 3. The molecule has 15 heavy (non-hydrogen) atoms. The fraction of sp³-hybridized carbons (Fsp3) is 0.545. The van der Waals surface area contributed by atoms with E-state index in [1.165, 1.54) is 0 Å². The Bertz CT molecular complexity index is 361. The Morgan fingerprint density at radius 3 is 3.20 bits per heavy atom. The standard InChI is InChI=1S/C11H16N2OS/c1-9-2-5-13-11(6-9)15(14)8-10-3-4-12-7-10/h2,5-6,10,12H,3-4,7-8H2,1H3. The summed E-state index contributed by atoms with van der Waals surface area (Å²) in [6, 6.07) is 3.84. The Kier molecular flexibility index (Phi) is 3.49. The second kappa shape index (κ2) is 4.86. The molecule has 0 spiro atoms. The maximum absolute atomic E-state index is 12.0. The number of nitrogens with zero attached hydrogens (tertiary/aromatic N) is 1. The van der Waals surface area contributed by atoms with E-state index in [0.717, 1.165) is 35.9 Å². The highest BCUT2D eigenvalue weighted by molar-refractivity contribution is 7.84. The molecular weight excluding hydrogens is 208 g/mol. The molecule has 1 fully saturated rings. The Labute approximate surface area is 92.8 Å². The van der Waals surface area contributed by atoms with Crippen LogP contribution in [-0.2, 0) is 10.8 Å². The molecule has 0 aromatic carbocycles. The van der Waals surface area contributed by atoms with Crippen LogP contribution in [-0.4, -0.2) is 28.0 Å². The number of nitrogens with one attached hydrogen (secondary N) is 1. The highest BCUT2D eigenvalue weighted by atomic mass is 32.2. The molecule has 1 aliphatic heterocycles.